The number of likely N-dealkylation sites (tertiary alicyclic amines) is 1. The second-order valence-corrected chi connectivity index (χ2v) is 7.62. The lowest BCUT2D eigenvalue weighted by molar-refractivity contribution is -0.123. The Morgan fingerprint density at radius 3 is 2.96 bits per heavy atom. The molecule has 2 aromatic rings. The summed E-state index contributed by atoms with van der Waals surface area (Å²) in [5.74, 6) is -0.227. The zero-order chi connectivity index (χ0) is 18.7. The van der Waals surface area contributed by atoms with Gasteiger partial charge in [-0.25, -0.2) is 9.78 Å². The number of fused-ring (bicyclic) bond motifs is 1. The molecular weight excluding hydrogens is 374 g/mol. The number of nitrogens with zero attached hydrogens (tertiary/aromatic N) is 3. The van der Waals surface area contributed by atoms with Crippen molar-refractivity contribution in [1.82, 2.24) is 9.88 Å². The fraction of sp³-hybridized carbons (Fsp3) is 0.500. The Morgan fingerprint density at radius 2 is 2.23 bits per heavy atom. The molecule has 0 spiro atoms. The van der Waals surface area contributed by atoms with Gasteiger partial charge >= 0.3 is 6.09 Å². The number of amides is 2. The van der Waals surface area contributed by atoms with Crippen molar-refractivity contribution in [2.45, 2.75) is 26.7 Å². The Kier molecular flexibility index (Phi) is 5.98. The zero-order valence-electron chi connectivity index (χ0n) is 14.9. The van der Waals surface area contributed by atoms with Crippen molar-refractivity contribution in [1.29, 1.82) is 0 Å². The molecule has 0 N–H and O–H groups in total. The third-order valence-corrected chi connectivity index (χ3v) is 5.74. The van der Waals surface area contributed by atoms with E-state index in [1.165, 1.54) is 11.3 Å². The maximum Gasteiger partial charge on any atom is 0.409 e. The van der Waals surface area contributed by atoms with Crippen molar-refractivity contribution >= 4 is 50.3 Å². The van der Waals surface area contributed by atoms with Gasteiger partial charge in [-0.05, 0) is 44.9 Å². The summed E-state index contributed by atoms with van der Waals surface area (Å²) in [7, 11) is 0. The van der Waals surface area contributed by atoms with E-state index in [4.69, 9.17) is 16.3 Å². The van der Waals surface area contributed by atoms with Gasteiger partial charge < -0.3 is 9.64 Å². The lowest BCUT2D eigenvalue weighted by atomic mass is 9.97. The van der Waals surface area contributed by atoms with Crippen LogP contribution in [0.2, 0.25) is 5.02 Å². The largest absolute Gasteiger partial charge is 0.450 e. The molecule has 1 aliphatic heterocycles. The number of thiazole rings is 1. The summed E-state index contributed by atoms with van der Waals surface area (Å²) in [4.78, 5) is 33.0. The topological polar surface area (TPSA) is 62.7 Å². The van der Waals surface area contributed by atoms with Crippen molar-refractivity contribution in [2.24, 2.45) is 5.92 Å². The van der Waals surface area contributed by atoms with Gasteiger partial charge in [-0.2, -0.15) is 0 Å². The Labute approximate surface area is 161 Å². The van der Waals surface area contributed by atoms with Gasteiger partial charge in [0.05, 0.1) is 22.7 Å². The molecule has 1 aliphatic rings. The van der Waals surface area contributed by atoms with Gasteiger partial charge in [0.25, 0.3) is 0 Å². The molecule has 0 bridgehead atoms. The second-order valence-electron chi connectivity index (χ2n) is 6.18. The molecule has 0 saturated carbocycles. The minimum atomic E-state index is -0.345. The van der Waals surface area contributed by atoms with E-state index in [-0.39, 0.29) is 17.9 Å². The highest BCUT2D eigenvalue weighted by molar-refractivity contribution is 7.22. The maximum atomic E-state index is 13.1. The first-order valence-electron chi connectivity index (χ1n) is 8.82. The van der Waals surface area contributed by atoms with Crippen LogP contribution in [0.4, 0.5) is 9.93 Å². The van der Waals surface area contributed by atoms with Crippen LogP contribution in [0.5, 0.6) is 0 Å². The van der Waals surface area contributed by atoms with Crippen molar-refractivity contribution in [3.05, 3.63) is 23.2 Å². The third kappa shape index (κ3) is 3.94. The Hall–Kier alpha value is -1.86. The van der Waals surface area contributed by atoms with Crippen LogP contribution in [0.25, 0.3) is 10.2 Å². The fourth-order valence-corrected chi connectivity index (χ4v) is 4.35. The maximum absolute atomic E-state index is 13.1. The number of rotatable bonds is 4. The predicted molar refractivity (Wildman–Crippen MR) is 104 cm³/mol. The van der Waals surface area contributed by atoms with Crippen molar-refractivity contribution in [3.8, 4) is 0 Å². The Balaban J connectivity index is 1.78. The average molecular weight is 396 g/mol. The van der Waals surface area contributed by atoms with Crippen molar-refractivity contribution in [2.75, 3.05) is 31.1 Å². The molecule has 2 amide bonds. The van der Waals surface area contributed by atoms with Gasteiger partial charge in [-0.3, -0.25) is 9.69 Å². The van der Waals surface area contributed by atoms with E-state index in [1.54, 1.807) is 22.8 Å². The van der Waals surface area contributed by atoms with E-state index in [1.807, 2.05) is 19.1 Å². The van der Waals surface area contributed by atoms with Gasteiger partial charge in [0.2, 0.25) is 5.91 Å². The average Bonchev–Trinajstić information content (AvgIpc) is 3.05. The molecule has 0 radical (unpaired) electrons. The van der Waals surface area contributed by atoms with Crippen LogP contribution >= 0.6 is 22.9 Å². The molecule has 1 saturated heterocycles. The van der Waals surface area contributed by atoms with Crippen LogP contribution in [-0.4, -0.2) is 48.1 Å². The molecule has 1 aromatic carbocycles. The second kappa shape index (κ2) is 8.22. The van der Waals surface area contributed by atoms with Crippen LogP contribution in [-0.2, 0) is 9.53 Å². The first kappa shape index (κ1) is 18.9. The summed E-state index contributed by atoms with van der Waals surface area (Å²) in [6, 6.07) is 5.54. The number of aromatic nitrogens is 1. The molecule has 0 aliphatic carbocycles. The van der Waals surface area contributed by atoms with Crippen LogP contribution < -0.4 is 4.90 Å². The number of carbonyl (C=O) groups is 2. The number of halogens is 1. The first-order chi connectivity index (χ1) is 12.5. The van der Waals surface area contributed by atoms with E-state index in [9.17, 15) is 9.59 Å². The van der Waals surface area contributed by atoms with Crippen LogP contribution in [0, 0.1) is 5.92 Å². The molecule has 1 fully saturated rings. The molecule has 140 valence electrons. The standard InChI is InChI=1S/C18H22ClN3O3S/c1-3-22(17-20-14-10-13(19)7-8-15(14)26-17)16(23)12-6-5-9-21(11-12)18(24)25-4-2/h7-8,10,12H,3-6,9,11H2,1-2H3. The highest BCUT2D eigenvalue weighted by Gasteiger charge is 2.32. The zero-order valence-corrected chi connectivity index (χ0v) is 16.5. The SMILES string of the molecule is CCOC(=O)N1CCCC(C(=O)N(CC)c2nc3cc(Cl)ccc3s2)C1. The van der Waals surface area contributed by atoms with E-state index < -0.39 is 0 Å². The van der Waals surface area contributed by atoms with E-state index in [0.717, 1.165) is 23.1 Å². The molecule has 1 atom stereocenters. The summed E-state index contributed by atoms with van der Waals surface area (Å²) < 4.78 is 6.06. The van der Waals surface area contributed by atoms with Crippen LogP contribution in [0.3, 0.4) is 0 Å². The highest BCUT2D eigenvalue weighted by atomic mass is 35.5. The normalized spacial score (nSPS) is 17.3. The minimum absolute atomic E-state index is 0.00616. The summed E-state index contributed by atoms with van der Waals surface area (Å²) in [6.45, 7) is 5.61. The summed E-state index contributed by atoms with van der Waals surface area (Å²) in [5, 5.41) is 1.30. The smallest absolute Gasteiger partial charge is 0.409 e. The molecule has 6 nitrogen and oxygen atoms in total. The van der Waals surface area contributed by atoms with Crippen LogP contribution in [0.15, 0.2) is 18.2 Å². The number of hydrogen-bond acceptors (Lipinski definition) is 5. The molecular formula is C18H22ClN3O3S. The lowest BCUT2D eigenvalue weighted by Gasteiger charge is -2.33. The number of piperidine rings is 1. The summed E-state index contributed by atoms with van der Waals surface area (Å²) in [5.41, 5.74) is 0.792. The number of anilines is 1. The predicted octanol–water partition coefficient (Wildman–Crippen LogP) is 4.17. The van der Waals surface area contributed by atoms with Gasteiger partial charge in [0.15, 0.2) is 5.13 Å². The van der Waals surface area contributed by atoms with E-state index in [0.29, 0.717) is 36.4 Å². The van der Waals surface area contributed by atoms with E-state index >= 15 is 0 Å². The Morgan fingerprint density at radius 1 is 1.42 bits per heavy atom. The molecule has 3 rings (SSSR count). The van der Waals surface area contributed by atoms with Gasteiger partial charge in [0, 0.05) is 24.7 Å². The number of hydrogen-bond donors (Lipinski definition) is 0. The van der Waals surface area contributed by atoms with Crippen molar-refractivity contribution in [3.63, 3.8) is 0 Å². The lowest BCUT2D eigenvalue weighted by Crippen LogP contribution is -2.47. The van der Waals surface area contributed by atoms with Crippen LogP contribution in [0.1, 0.15) is 26.7 Å². The monoisotopic (exact) mass is 395 g/mol. The van der Waals surface area contributed by atoms with Gasteiger partial charge in [0.1, 0.15) is 0 Å². The molecule has 8 heteroatoms. The quantitative estimate of drug-likeness (QED) is 0.779. The number of carbonyl (C=O) groups excluding carboxylic acids is 2. The molecule has 1 unspecified atom stereocenters. The number of ether oxygens (including phenoxy) is 1. The summed E-state index contributed by atoms with van der Waals surface area (Å²) >= 11 is 7.51. The summed E-state index contributed by atoms with van der Waals surface area (Å²) in [6.07, 6.45) is 1.21. The molecule has 1 aromatic heterocycles. The van der Waals surface area contributed by atoms with E-state index in [2.05, 4.69) is 4.98 Å². The third-order valence-electron chi connectivity index (χ3n) is 4.45. The molecule has 26 heavy (non-hydrogen) atoms. The van der Waals surface area contributed by atoms with Gasteiger partial charge in [-0.15, -0.1) is 0 Å². The minimum Gasteiger partial charge on any atom is -0.450 e. The highest BCUT2D eigenvalue weighted by Crippen LogP contribution is 2.32. The first-order valence-corrected chi connectivity index (χ1v) is 10.0. The van der Waals surface area contributed by atoms with Gasteiger partial charge in [-0.1, -0.05) is 22.9 Å². The molecule has 2 heterocycles. The number of benzene rings is 1. The Bertz CT molecular complexity index is 810. The fourth-order valence-electron chi connectivity index (χ4n) is 3.17. The van der Waals surface area contributed by atoms with Crippen molar-refractivity contribution < 1.29 is 14.3 Å².